The highest BCUT2D eigenvalue weighted by atomic mass is 16.5. The highest BCUT2D eigenvalue weighted by Crippen LogP contribution is 2.39. The van der Waals surface area contributed by atoms with Gasteiger partial charge in [-0.3, -0.25) is 4.79 Å². The van der Waals surface area contributed by atoms with E-state index in [1.807, 2.05) is 6.07 Å². The minimum Gasteiger partial charge on any atom is -0.508 e. The summed E-state index contributed by atoms with van der Waals surface area (Å²) in [5, 5.41) is 20.8. The Morgan fingerprint density at radius 2 is 1.96 bits per heavy atom. The predicted molar refractivity (Wildman–Crippen MR) is 95.7 cm³/mol. The SMILES string of the molecule is Cc1c(C2CCOCC2)nc(O[C@H]2C[C@H](C(=O)O)C2)c2cc(O)ccc12. The Morgan fingerprint density at radius 1 is 1.23 bits per heavy atom. The summed E-state index contributed by atoms with van der Waals surface area (Å²) in [6, 6.07) is 5.25. The quantitative estimate of drug-likeness (QED) is 0.872. The summed E-state index contributed by atoms with van der Waals surface area (Å²) in [4.78, 5) is 15.8. The van der Waals surface area contributed by atoms with E-state index in [9.17, 15) is 9.90 Å². The number of aliphatic carboxylic acids is 1. The van der Waals surface area contributed by atoms with Gasteiger partial charge in [-0.2, -0.15) is 0 Å². The predicted octanol–water partition coefficient (Wildman–Crippen LogP) is 3.38. The summed E-state index contributed by atoms with van der Waals surface area (Å²) in [6.07, 6.45) is 2.72. The summed E-state index contributed by atoms with van der Waals surface area (Å²) < 4.78 is 11.5. The van der Waals surface area contributed by atoms with Crippen LogP contribution in [-0.4, -0.2) is 40.5 Å². The third kappa shape index (κ3) is 3.09. The molecule has 1 saturated carbocycles. The van der Waals surface area contributed by atoms with E-state index >= 15 is 0 Å². The Bertz CT molecular complexity index is 838. The molecule has 0 spiro atoms. The van der Waals surface area contributed by atoms with E-state index in [0.29, 0.717) is 24.6 Å². The molecule has 2 heterocycles. The van der Waals surface area contributed by atoms with Crippen LogP contribution in [0.15, 0.2) is 18.2 Å². The number of aryl methyl sites for hydroxylation is 1. The summed E-state index contributed by atoms with van der Waals surface area (Å²) >= 11 is 0. The number of pyridine rings is 1. The molecule has 0 bridgehead atoms. The molecule has 2 N–H and O–H groups in total. The number of carboxylic acid groups (broad SMARTS) is 1. The fourth-order valence-electron chi connectivity index (χ4n) is 3.91. The van der Waals surface area contributed by atoms with Crippen molar-refractivity contribution in [3.8, 4) is 11.6 Å². The van der Waals surface area contributed by atoms with E-state index in [4.69, 9.17) is 19.6 Å². The van der Waals surface area contributed by atoms with Crippen molar-refractivity contribution in [1.82, 2.24) is 4.98 Å². The Morgan fingerprint density at radius 3 is 2.65 bits per heavy atom. The molecule has 6 heteroatoms. The van der Waals surface area contributed by atoms with Crippen molar-refractivity contribution in [2.24, 2.45) is 5.92 Å². The van der Waals surface area contributed by atoms with Crippen molar-refractivity contribution in [2.75, 3.05) is 13.2 Å². The van der Waals surface area contributed by atoms with E-state index in [1.165, 1.54) is 0 Å². The van der Waals surface area contributed by atoms with Gasteiger partial charge in [-0.15, -0.1) is 0 Å². The lowest BCUT2D eigenvalue weighted by atomic mass is 9.82. The first-order chi connectivity index (χ1) is 12.5. The fourth-order valence-corrected chi connectivity index (χ4v) is 3.91. The number of rotatable bonds is 4. The van der Waals surface area contributed by atoms with Gasteiger partial charge in [0.05, 0.1) is 11.6 Å². The molecule has 0 atom stereocenters. The van der Waals surface area contributed by atoms with Crippen LogP contribution in [0.4, 0.5) is 0 Å². The fraction of sp³-hybridized carbons (Fsp3) is 0.500. The average Bonchev–Trinajstić information content (AvgIpc) is 2.59. The first kappa shape index (κ1) is 17.1. The number of fused-ring (bicyclic) bond motifs is 1. The molecule has 6 nitrogen and oxygen atoms in total. The number of phenols is 1. The zero-order chi connectivity index (χ0) is 18.3. The molecule has 2 fully saturated rings. The number of hydrogen-bond donors (Lipinski definition) is 2. The van der Waals surface area contributed by atoms with E-state index in [1.54, 1.807) is 12.1 Å². The second kappa shape index (κ2) is 6.76. The Labute approximate surface area is 151 Å². The molecule has 26 heavy (non-hydrogen) atoms. The molecule has 138 valence electrons. The van der Waals surface area contributed by atoms with Crippen LogP contribution in [0.5, 0.6) is 11.6 Å². The molecule has 0 unspecified atom stereocenters. The lowest BCUT2D eigenvalue weighted by Crippen LogP contribution is -2.38. The van der Waals surface area contributed by atoms with Crippen LogP contribution in [0.1, 0.15) is 42.9 Å². The largest absolute Gasteiger partial charge is 0.508 e. The lowest BCUT2D eigenvalue weighted by molar-refractivity contribution is -0.148. The van der Waals surface area contributed by atoms with Crippen LogP contribution in [0, 0.1) is 12.8 Å². The monoisotopic (exact) mass is 357 g/mol. The Hall–Kier alpha value is -2.34. The second-order valence-corrected chi connectivity index (χ2v) is 7.29. The number of benzene rings is 1. The number of aromatic nitrogens is 1. The maximum Gasteiger partial charge on any atom is 0.306 e. The molecule has 4 rings (SSSR count). The van der Waals surface area contributed by atoms with Crippen molar-refractivity contribution in [1.29, 1.82) is 0 Å². The number of hydrogen-bond acceptors (Lipinski definition) is 5. The summed E-state index contributed by atoms with van der Waals surface area (Å²) in [5.74, 6) is -0.110. The molecule has 2 aliphatic rings. The number of carbonyl (C=O) groups is 1. The number of ether oxygens (including phenoxy) is 2. The molecule has 1 aliphatic carbocycles. The van der Waals surface area contributed by atoms with Gasteiger partial charge in [0.15, 0.2) is 0 Å². The molecule has 1 aromatic carbocycles. The minimum absolute atomic E-state index is 0.139. The van der Waals surface area contributed by atoms with E-state index in [0.717, 1.165) is 48.1 Å². The summed E-state index contributed by atoms with van der Waals surface area (Å²) in [7, 11) is 0. The topological polar surface area (TPSA) is 88.9 Å². The van der Waals surface area contributed by atoms with Crippen LogP contribution < -0.4 is 4.74 Å². The van der Waals surface area contributed by atoms with Gasteiger partial charge in [-0.25, -0.2) is 4.98 Å². The van der Waals surface area contributed by atoms with Gasteiger partial charge in [0.25, 0.3) is 0 Å². The molecule has 0 amide bonds. The summed E-state index contributed by atoms with van der Waals surface area (Å²) in [6.45, 7) is 3.53. The van der Waals surface area contributed by atoms with Crippen LogP contribution >= 0.6 is 0 Å². The van der Waals surface area contributed by atoms with Gasteiger partial charge in [0.2, 0.25) is 5.88 Å². The number of phenolic OH excluding ortho intramolecular Hbond substituents is 1. The third-order valence-electron chi connectivity index (χ3n) is 5.57. The van der Waals surface area contributed by atoms with E-state index in [-0.39, 0.29) is 17.8 Å². The zero-order valence-electron chi connectivity index (χ0n) is 14.8. The summed E-state index contributed by atoms with van der Waals surface area (Å²) in [5.41, 5.74) is 2.13. The minimum atomic E-state index is -0.771. The number of carboxylic acids is 1. The van der Waals surface area contributed by atoms with Gasteiger partial charge >= 0.3 is 5.97 Å². The number of nitrogens with zero attached hydrogens (tertiary/aromatic N) is 1. The van der Waals surface area contributed by atoms with Gasteiger partial charge in [0, 0.05) is 24.5 Å². The number of aromatic hydroxyl groups is 1. The van der Waals surface area contributed by atoms with Crippen molar-refractivity contribution >= 4 is 16.7 Å². The van der Waals surface area contributed by atoms with E-state index < -0.39 is 5.97 Å². The standard InChI is InChI=1S/C20H23NO5/c1-11-16-3-2-14(22)10-17(16)19(26-15-8-13(9-15)20(23)24)21-18(11)12-4-6-25-7-5-12/h2-3,10,12-13,15,22H,4-9H2,1H3,(H,23,24)/t13-,15-. The van der Waals surface area contributed by atoms with Crippen molar-refractivity contribution < 1.29 is 24.5 Å². The Balaban J connectivity index is 1.71. The van der Waals surface area contributed by atoms with Gasteiger partial charge in [0.1, 0.15) is 11.9 Å². The van der Waals surface area contributed by atoms with Crippen LogP contribution in [0.2, 0.25) is 0 Å². The average molecular weight is 357 g/mol. The van der Waals surface area contributed by atoms with Gasteiger partial charge < -0.3 is 19.7 Å². The molecule has 1 aliphatic heterocycles. The van der Waals surface area contributed by atoms with Gasteiger partial charge in [-0.05, 0) is 55.7 Å². The molecular formula is C20H23NO5. The zero-order valence-corrected chi connectivity index (χ0v) is 14.8. The molecule has 1 aromatic heterocycles. The first-order valence-corrected chi connectivity index (χ1v) is 9.13. The highest BCUT2D eigenvalue weighted by molar-refractivity contribution is 5.91. The third-order valence-corrected chi connectivity index (χ3v) is 5.57. The second-order valence-electron chi connectivity index (χ2n) is 7.29. The molecule has 0 radical (unpaired) electrons. The van der Waals surface area contributed by atoms with Crippen LogP contribution in [0.25, 0.3) is 10.8 Å². The normalized spacial score (nSPS) is 23.6. The Kier molecular flexibility index (Phi) is 4.44. The van der Waals surface area contributed by atoms with Crippen molar-refractivity contribution in [3.05, 3.63) is 29.5 Å². The maximum absolute atomic E-state index is 11.0. The van der Waals surface area contributed by atoms with Gasteiger partial charge in [-0.1, -0.05) is 6.07 Å². The van der Waals surface area contributed by atoms with Crippen LogP contribution in [0.3, 0.4) is 0 Å². The first-order valence-electron chi connectivity index (χ1n) is 9.13. The van der Waals surface area contributed by atoms with Crippen molar-refractivity contribution in [3.63, 3.8) is 0 Å². The molecule has 2 aromatic rings. The highest BCUT2D eigenvalue weighted by Gasteiger charge is 2.37. The van der Waals surface area contributed by atoms with Crippen molar-refractivity contribution in [2.45, 2.75) is 44.6 Å². The van der Waals surface area contributed by atoms with E-state index in [2.05, 4.69) is 6.92 Å². The van der Waals surface area contributed by atoms with Crippen LogP contribution in [-0.2, 0) is 9.53 Å². The lowest BCUT2D eigenvalue weighted by Gasteiger charge is -2.33. The maximum atomic E-state index is 11.0. The smallest absolute Gasteiger partial charge is 0.306 e. The molecule has 1 saturated heterocycles. The molecular weight excluding hydrogens is 334 g/mol.